The van der Waals surface area contributed by atoms with E-state index >= 15 is 0 Å². The van der Waals surface area contributed by atoms with Crippen molar-refractivity contribution in [3.8, 4) is 23.0 Å². The van der Waals surface area contributed by atoms with Crippen LogP contribution in [0.5, 0.6) is 11.8 Å². The smallest absolute Gasteiger partial charge is 0.443 e. The predicted octanol–water partition coefficient (Wildman–Crippen LogP) is 3.12. The van der Waals surface area contributed by atoms with E-state index in [1.807, 2.05) is 0 Å². The minimum Gasteiger partial charge on any atom is -0.443 e. The van der Waals surface area contributed by atoms with Crippen molar-refractivity contribution in [2.45, 2.75) is 25.6 Å². The van der Waals surface area contributed by atoms with Crippen LogP contribution in [0.15, 0.2) is 42.9 Å². The Balaban J connectivity index is 1.33. The van der Waals surface area contributed by atoms with E-state index in [-0.39, 0.29) is 36.9 Å². The van der Waals surface area contributed by atoms with Crippen LogP contribution in [0.3, 0.4) is 0 Å². The largest absolute Gasteiger partial charge is 0.573 e. The number of alkyl halides is 3. The van der Waals surface area contributed by atoms with Crippen LogP contribution in [-0.2, 0) is 17.9 Å². The van der Waals surface area contributed by atoms with Gasteiger partial charge < -0.3 is 24.3 Å². The van der Waals surface area contributed by atoms with E-state index in [1.165, 1.54) is 47.4 Å². The Hall–Kier alpha value is -3.74. The van der Waals surface area contributed by atoms with Gasteiger partial charge in [-0.3, -0.25) is 14.5 Å². The second kappa shape index (κ2) is 8.18. The molecule has 0 bridgehead atoms. The fraction of sp³-hybridized carbons (Fsp3) is 0.278. The minimum absolute atomic E-state index is 0.131. The quantitative estimate of drug-likeness (QED) is 0.427. The fourth-order valence-corrected chi connectivity index (χ4v) is 2.87. The lowest BCUT2D eigenvalue weighted by atomic mass is 10.1. The molecule has 10 nitrogen and oxygen atoms in total. The summed E-state index contributed by atoms with van der Waals surface area (Å²) in [7, 11) is 0. The monoisotopic (exact) mass is 437 g/mol. The molecule has 1 aliphatic rings. The van der Waals surface area contributed by atoms with E-state index < -0.39 is 11.3 Å². The number of aromatic nitrogens is 4. The number of hydrogen-bond donors (Lipinski definition) is 0. The Morgan fingerprint density at radius 3 is 2.65 bits per heavy atom. The molecule has 0 amide bonds. The first-order valence-electron chi connectivity index (χ1n) is 8.90. The lowest BCUT2D eigenvalue weighted by Crippen LogP contribution is -2.32. The van der Waals surface area contributed by atoms with E-state index in [1.54, 1.807) is 0 Å². The zero-order valence-electron chi connectivity index (χ0n) is 15.7. The van der Waals surface area contributed by atoms with Crippen molar-refractivity contribution in [1.29, 1.82) is 0 Å². The van der Waals surface area contributed by atoms with Crippen LogP contribution < -0.4 is 9.47 Å². The number of halogens is 3. The molecule has 2 aromatic heterocycles. The summed E-state index contributed by atoms with van der Waals surface area (Å²) in [5.41, 5.74) is 1.58. The molecule has 1 aliphatic heterocycles. The molecule has 3 heterocycles. The highest BCUT2D eigenvalue weighted by Gasteiger charge is 2.31. The third kappa shape index (κ3) is 5.06. The predicted molar refractivity (Wildman–Crippen MR) is 97.1 cm³/mol. The topological polar surface area (TPSA) is 114 Å². The zero-order valence-corrected chi connectivity index (χ0v) is 15.7. The summed E-state index contributed by atoms with van der Waals surface area (Å²) in [5.74, 6) is -0.620. The molecule has 0 N–H and O–H groups in total. The number of nitro groups is 1. The molecule has 4 rings (SSSR count). The molecular weight excluding hydrogens is 423 g/mol. The molecule has 3 aromatic rings. The summed E-state index contributed by atoms with van der Waals surface area (Å²) in [6, 6.07) is 5.45. The van der Waals surface area contributed by atoms with Crippen molar-refractivity contribution >= 4 is 5.82 Å². The molecule has 0 saturated heterocycles. The molecule has 0 fully saturated rings. The first-order valence-corrected chi connectivity index (χ1v) is 8.90. The molecule has 1 atom stereocenters. The maximum atomic E-state index is 12.2. The van der Waals surface area contributed by atoms with Crippen LogP contribution in [0.25, 0.3) is 11.3 Å². The van der Waals surface area contributed by atoms with Gasteiger partial charge in [0.1, 0.15) is 24.7 Å². The summed E-state index contributed by atoms with van der Waals surface area (Å²) in [6.45, 7) is 0.659. The van der Waals surface area contributed by atoms with Crippen LogP contribution in [0.4, 0.5) is 19.0 Å². The average Bonchev–Trinajstić information content (AvgIpc) is 3.16. The summed E-state index contributed by atoms with van der Waals surface area (Å²) < 4.78 is 53.1. The molecule has 1 aromatic carbocycles. The molecule has 13 heteroatoms. The SMILES string of the molecule is O=[N+]([O-])c1cn2c(n1)OC[C@H](OCc1cnc(-c3ccc(OC(F)(F)F)cc3)cn1)C2. The first kappa shape index (κ1) is 20.5. The maximum absolute atomic E-state index is 12.2. The van der Waals surface area contributed by atoms with Crippen molar-refractivity contribution in [3.63, 3.8) is 0 Å². The summed E-state index contributed by atoms with van der Waals surface area (Å²) >= 11 is 0. The van der Waals surface area contributed by atoms with Crippen molar-refractivity contribution in [1.82, 2.24) is 19.5 Å². The van der Waals surface area contributed by atoms with Gasteiger partial charge in [0, 0.05) is 10.5 Å². The molecule has 0 spiro atoms. The van der Waals surface area contributed by atoms with Crippen molar-refractivity contribution < 1.29 is 32.3 Å². The molecular formula is C18H14F3N5O5. The van der Waals surface area contributed by atoms with Crippen molar-refractivity contribution in [3.05, 3.63) is 58.7 Å². The fourth-order valence-electron chi connectivity index (χ4n) is 2.87. The number of ether oxygens (including phenoxy) is 3. The molecule has 0 unspecified atom stereocenters. The van der Waals surface area contributed by atoms with E-state index in [2.05, 4.69) is 19.7 Å². The van der Waals surface area contributed by atoms with Gasteiger partial charge in [-0.2, -0.15) is 0 Å². The normalized spacial score (nSPS) is 15.8. The highest BCUT2D eigenvalue weighted by molar-refractivity contribution is 5.58. The number of imidazole rings is 1. The summed E-state index contributed by atoms with van der Waals surface area (Å²) in [5, 5.41) is 10.8. The van der Waals surface area contributed by atoms with Crippen molar-refractivity contribution in [2.75, 3.05) is 6.61 Å². The van der Waals surface area contributed by atoms with E-state index in [9.17, 15) is 23.3 Å². The summed E-state index contributed by atoms with van der Waals surface area (Å²) in [6.07, 6.45) is -0.853. The Morgan fingerprint density at radius 1 is 1.23 bits per heavy atom. The number of hydrogen-bond acceptors (Lipinski definition) is 8. The highest BCUT2D eigenvalue weighted by atomic mass is 19.4. The van der Waals surface area contributed by atoms with Gasteiger partial charge in [0.2, 0.25) is 0 Å². The number of fused-ring (bicyclic) bond motifs is 1. The Kier molecular flexibility index (Phi) is 5.42. The highest BCUT2D eigenvalue weighted by Crippen LogP contribution is 2.26. The van der Waals surface area contributed by atoms with Crippen LogP contribution in [0.1, 0.15) is 5.69 Å². The third-order valence-electron chi connectivity index (χ3n) is 4.27. The van der Waals surface area contributed by atoms with Gasteiger partial charge in [0.15, 0.2) is 0 Å². The van der Waals surface area contributed by atoms with Crippen LogP contribution in [0.2, 0.25) is 0 Å². The van der Waals surface area contributed by atoms with E-state index in [0.29, 0.717) is 23.5 Å². The van der Waals surface area contributed by atoms with Gasteiger partial charge in [-0.25, -0.2) is 0 Å². The van der Waals surface area contributed by atoms with E-state index in [4.69, 9.17) is 9.47 Å². The minimum atomic E-state index is -4.75. The van der Waals surface area contributed by atoms with Gasteiger partial charge in [0.25, 0.3) is 0 Å². The Labute approximate surface area is 172 Å². The maximum Gasteiger partial charge on any atom is 0.573 e. The lowest BCUT2D eigenvalue weighted by Gasteiger charge is -2.22. The van der Waals surface area contributed by atoms with Gasteiger partial charge in [-0.1, -0.05) is 0 Å². The number of benzene rings is 1. The first-order chi connectivity index (χ1) is 14.8. The molecule has 31 heavy (non-hydrogen) atoms. The van der Waals surface area contributed by atoms with Gasteiger partial charge in [0.05, 0.1) is 36.9 Å². The summed E-state index contributed by atoms with van der Waals surface area (Å²) in [4.78, 5) is 22.4. The molecule has 0 saturated carbocycles. The number of rotatable bonds is 6. The second-order valence-corrected chi connectivity index (χ2v) is 6.50. The number of nitrogens with zero attached hydrogens (tertiary/aromatic N) is 5. The second-order valence-electron chi connectivity index (χ2n) is 6.50. The Morgan fingerprint density at radius 2 is 2.00 bits per heavy atom. The molecule has 0 aliphatic carbocycles. The Bertz CT molecular complexity index is 1070. The van der Waals surface area contributed by atoms with Crippen LogP contribution >= 0.6 is 0 Å². The van der Waals surface area contributed by atoms with Gasteiger partial charge in [-0.05, 0) is 29.2 Å². The third-order valence-corrected chi connectivity index (χ3v) is 4.27. The molecule has 162 valence electrons. The average molecular weight is 437 g/mol. The lowest BCUT2D eigenvalue weighted by molar-refractivity contribution is -0.389. The van der Waals surface area contributed by atoms with Crippen LogP contribution in [0, 0.1) is 10.1 Å². The van der Waals surface area contributed by atoms with Gasteiger partial charge >= 0.3 is 18.2 Å². The standard InChI is InChI=1S/C18H14F3N5O5/c19-18(20,21)31-13-3-1-11(2-4-13)15-6-22-12(5-23-15)9-29-14-7-25-8-16(26(27)28)24-17(25)30-10-14/h1-6,8,14H,7,9-10H2/t14-/m1/s1. The molecule has 0 radical (unpaired) electrons. The van der Waals surface area contributed by atoms with E-state index in [0.717, 1.165) is 0 Å². The van der Waals surface area contributed by atoms with Gasteiger partial charge in [-0.15, -0.1) is 13.2 Å². The van der Waals surface area contributed by atoms with Crippen molar-refractivity contribution in [2.24, 2.45) is 0 Å². The zero-order chi connectivity index (χ0) is 22.0. The van der Waals surface area contributed by atoms with Crippen LogP contribution in [-0.4, -0.2) is 43.5 Å².